The Morgan fingerprint density at radius 3 is 2.41 bits per heavy atom. The standard InChI is InChI=1S/C25H28N4O3/c1-18(30)26-20-9-7-10-21(16-20)27-24(31)17-32-22-11-6-8-19-12-13-23(28-25(19)22)29-14-4-2-3-5-15-29/h6-13,16H,2-5,14-15,17H2,1H3,(H,26,30)(H,27,31). The summed E-state index contributed by atoms with van der Waals surface area (Å²) in [4.78, 5) is 30.9. The second-order valence-corrected chi connectivity index (χ2v) is 8.00. The summed E-state index contributed by atoms with van der Waals surface area (Å²) >= 11 is 0. The summed E-state index contributed by atoms with van der Waals surface area (Å²) in [7, 11) is 0. The van der Waals surface area contributed by atoms with Gasteiger partial charge in [0.05, 0.1) is 0 Å². The minimum absolute atomic E-state index is 0.140. The maximum absolute atomic E-state index is 12.5. The normalized spacial score (nSPS) is 14.0. The van der Waals surface area contributed by atoms with Crippen molar-refractivity contribution in [1.82, 2.24) is 4.98 Å². The fraction of sp³-hybridized carbons (Fsp3) is 0.320. The molecule has 2 heterocycles. The van der Waals surface area contributed by atoms with E-state index in [1.165, 1.54) is 32.6 Å². The van der Waals surface area contributed by atoms with Gasteiger partial charge in [0.1, 0.15) is 17.1 Å². The van der Waals surface area contributed by atoms with Crippen LogP contribution in [-0.4, -0.2) is 36.5 Å². The van der Waals surface area contributed by atoms with Gasteiger partial charge in [0.15, 0.2) is 6.61 Å². The molecule has 32 heavy (non-hydrogen) atoms. The minimum Gasteiger partial charge on any atom is -0.481 e. The molecule has 0 unspecified atom stereocenters. The number of aromatic nitrogens is 1. The van der Waals surface area contributed by atoms with Crippen LogP contribution < -0.4 is 20.3 Å². The second kappa shape index (κ2) is 10.1. The minimum atomic E-state index is -0.286. The highest BCUT2D eigenvalue weighted by molar-refractivity contribution is 5.94. The van der Waals surface area contributed by atoms with Crippen LogP contribution in [0.25, 0.3) is 10.9 Å². The molecule has 7 heteroatoms. The number of fused-ring (bicyclic) bond motifs is 1. The number of hydrogen-bond acceptors (Lipinski definition) is 5. The molecule has 0 radical (unpaired) electrons. The average molecular weight is 433 g/mol. The summed E-state index contributed by atoms with van der Waals surface area (Å²) in [5.41, 5.74) is 1.97. The molecule has 2 amide bonds. The van der Waals surface area contributed by atoms with Crippen molar-refractivity contribution in [3.63, 3.8) is 0 Å². The zero-order valence-electron chi connectivity index (χ0n) is 18.3. The molecule has 0 saturated carbocycles. The van der Waals surface area contributed by atoms with Crippen molar-refractivity contribution in [1.29, 1.82) is 0 Å². The van der Waals surface area contributed by atoms with Gasteiger partial charge >= 0.3 is 0 Å². The predicted octanol–water partition coefficient (Wildman–Crippen LogP) is 4.59. The van der Waals surface area contributed by atoms with Gasteiger partial charge in [0.25, 0.3) is 5.91 Å². The smallest absolute Gasteiger partial charge is 0.262 e. The van der Waals surface area contributed by atoms with E-state index in [1.807, 2.05) is 18.2 Å². The SMILES string of the molecule is CC(=O)Nc1cccc(NC(=O)COc2cccc3ccc(N4CCCCCC4)nc23)c1. The van der Waals surface area contributed by atoms with Crippen molar-refractivity contribution in [2.75, 3.05) is 35.2 Å². The van der Waals surface area contributed by atoms with Crippen molar-refractivity contribution in [2.45, 2.75) is 32.6 Å². The third kappa shape index (κ3) is 5.55. The molecule has 1 aliphatic heterocycles. The Kier molecular flexibility index (Phi) is 6.84. The first kappa shape index (κ1) is 21.6. The summed E-state index contributed by atoms with van der Waals surface area (Å²) in [6, 6.07) is 16.8. The number of ether oxygens (including phenoxy) is 1. The average Bonchev–Trinajstić information content (AvgIpc) is 3.07. The van der Waals surface area contributed by atoms with Gasteiger partial charge in [-0.1, -0.05) is 31.0 Å². The Morgan fingerprint density at radius 1 is 0.938 bits per heavy atom. The maximum atomic E-state index is 12.5. The van der Waals surface area contributed by atoms with Crippen LogP contribution in [0.5, 0.6) is 5.75 Å². The van der Waals surface area contributed by atoms with E-state index in [4.69, 9.17) is 9.72 Å². The van der Waals surface area contributed by atoms with Crippen molar-refractivity contribution in [3.05, 3.63) is 54.6 Å². The van der Waals surface area contributed by atoms with Crippen molar-refractivity contribution < 1.29 is 14.3 Å². The fourth-order valence-electron chi connectivity index (χ4n) is 3.92. The lowest BCUT2D eigenvalue weighted by atomic mass is 10.2. The van der Waals surface area contributed by atoms with Gasteiger partial charge < -0.3 is 20.3 Å². The highest BCUT2D eigenvalue weighted by Crippen LogP contribution is 2.27. The number of carbonyl (C=O) groups excluding carboxylic acids is 2. The lowest BCUT2D eigenvalue weighted by Gasteiger charge is -2.22. The van der Waals surface area contributed by atoms with Crippen molar-refractivity contribution in [3.8, 4) is 5.75 Å². The largest absolute Gasteiger partial charge is 0.481 e. The maximum Gasteiger partial charge on any atom is 0.262 e. The molecule has 1 aromatic heterocycles. The number of amides is 2. The number of pyridine rings is 1. The van der Waals surface area contributed by atoms with Crippen LogP contribution in [0.15, 0.2) is 54.6 Å². The third-order valence-electron chi connectivity index (χ3n) is 5.42. The van der Waals surface area contributed by atoms with Gasteiger partial charge in [-0.3, -0.25) is 9.59 Å². The van der Waals surface area contributed by atoms with Crippen molar-refractivity contribution >= 4 is 39.9 Å². The topological polar surface area (TPSA) is 83.6 Å². The van der Waals surface area contributed by atoms with E-state index in [2.05, 4.69) is 27.7 Å². The number of nitrogens with zero attached hydrogens (tertiary/aromatic N) is 2. The van der Waals surface area contributed by atoms with Crippen molar-refractivity contribution in [2.24, 2.45) is 0 Å². The van der Waals surface area contributed by atoms with Gasteiger partial charge in [-0.2, -0.15) is 0 Å². The predicted molar refractivity (Wildman–Crippen MR) is 127 cm³/mol. The van der Waals surface area contributed by atoms with Gasteiger partial charge in [-0.15, -0.1) is 0 Å². The summed E-state index contributed by atoms with van der Waals surface area (Å²) in [6.45, 7) is 3.33. The number of para-hydroxylation sites is 1. The Bertz CT molecular complexity index is 1110. The Labute approximate surface area is 187 Å². The van der Waals surface area contributed by atoms with Crippen LogP contribution in [0.2, 0.25) is 0 Å². The zero-order valence-corrected chi connectivity index (χ0v) is 18.3. The van der Waals surface area contributed by atoms with E-state index >= 15 is 0 Å². The molecule has 3 aromatic rings. The molecule has 1 aliphatic rings. The molecule has 1 saturated heterocycles. The van der Waals surface area contributed by atoms with E-state index in [9.17, 15) is 9.59 Å². The lowest BCUT2D eigenvalue weighted by Crippen LogP contribution is -2.24. The van der Waals surface area contributed by atoms with Gasteiger partial charge in [0, 0.05) is 36.8 Å². The van der Waals surface area contributed by atoms with E-state index in [-0.39, 0.29) is 18.4 Å². The molecule has 0 atom stereocenters. The molecule has 166 valence electrons. The second-order valence-electron chi connectivity index (χ2n) is 8.00. The van der Waals surface area contributed by atoms with Crippen LogP contribution in [0.1, 0.15) is 32.6 Å². The monoisotopic (exact) mass is 432 g/mol. The van der Waals surface area contributed by atoms with Gasteiger partial charge in [0.2, 0.25) is 5.91 Å². The van der Waals surface area contributed by atoms with Crippen LogP contribution in [-0.2, 0) is 9.59 Å². The molecule has 1 fully saturated rings. The molecular weight excluding hydrogens is 404 g/mol. The van der Waals surface area contributed by atoms with E-state index in [1.54, 1.807) is 24.3 Å². The summed E-state index contributed by atoms with van der Waals surface area (Å²) < 4.78 is 5.85. The first-order chi connectivity index (χ1) is 15.6. The fourth-order valence-corrected chi connectivity index (χ4v) is 3.92. The number of rotatable bonds is 6. The van der Waals surface area contributed by atoms with Crippen LogP contribution in [0.3, 0.4) is 0 Å². The highest BCUT2D eigenvalue weighted by Gasteiger charge is 2.14. The Hall–Kier alpha value is -3.61. The third-order valence-corrected chi connectivity index (χ3v) is 5.42. The number of hydrogen-bond donors (Lipinski definition) is 2. The molecule has 2 aromatic carbocycles. The Morgan fingerprint density at radius 2 is 1.66 bits per heavy atom. The lowest BCUT2D eigenvalue weighted by molar-refractivity contribution is -0.118. The number of nitrogens with one attached hydrogen (secondary N) is 2. The molecule has 0 spiro atoms. The summed E-state index contributed by atoms with van der Waals surface area (Å²) in [5.74, 6) is 1.08. The first-order valence-corrected chi connectivity index (χ1v) is 11.0. The summed E-state index contributed by atoms with van der Waals surface area (Å²) in [5, 5.41) is 6.48. The summed E-state index contributed by atoms with van der Waals surface area (Å²) in [6.07, 6.45) is 4.89. The van der Waals surface area contributed by atoms with Crippen LogP contribution in [0.4, 0.5) is 17.2 Å². The molecule has 7 nitrogen and oxygen atoms in total. The number of carbonyl (C=O) groups is 2. The van der Waals surface area contributed by atoms with E-state index in [0.717, 1.165) is 29.8 Å². The zero-order chi connectivity index (χ0) is 22.3. The first-order valence-electron chi connectivity index (χ1n) is 11.0. The quantitative estimate of drug-likeness (QED) is 0.595. The van der Waals surface area contributed by atoms with Gasteiger partial charge in [-0.25, -0.2) is 4.98 Å². The van der Waals surface area contributed by atoms with Gasteiger partial charge in [-0.05, 0) is 49.2 Å². The Balaban J connectivity index is 1.45. The number of benzene rings is 2. The van der Waals surface area contributed by atoms with Crippen LogP contribution in [0, 0.1) is 0 Å². The van der Waals surface area contributed by atoms with E-state index in [0.29, 0.717) is 17.1 Å². The molecule has 0 aliphatic carbocycles. The molecule has 4 rings (SSSR count). The highest BCUT2D eigenvalue weighted by atomic mass is 16.5. The van der Waals surface area contributed by atoms with E-state index < -0.39 is 0 Å². The number of anilines is 3. The molecule has 2 N–H and O–H groups in total. The van der Waals surface area contributed by atoms with Crippen LogP contribution >= 0.6 is 0 Å². The molecular formula is C25H28N4O3. The molecule has 0 bridgehead atoms.